The van der Waals surface area contributed by atoms with Gasteiger partial charge in [-0.25, -0.2) is 0 Å². The van der Waals surface area contributed by atoms with Crippen molar-refractivity contribution in [1.29, 1.82) is 0 Å². The number of para-hydroxylation sites is 2. The molecule has 1 nitrogen and oxygen atoms in total. The predicted octanol–water partition coefficient (Wildman–Crippen LogP) is 12.3. The summed E-state index contributed by atoms with van der Waals surface area (Å²) in [5, 5.41) is 5.22. The summed E-state index contributed by atoms with van der Waals surface area (Å²) in [6, 6.07) is 48.2. The highest BCUT2D eigenvalue weighted by Gasteiger charge is 2.17. The normalized spacial score (nSPS) is 11.6. The quantitative estimate of drug-likeness (QED) is 0.191. The van der Waals surface area contributed by atoms with Crippen molar-refractivity contribution in [2.75, 3.05) is 4.90 Å². The molecule has 2 heterocycles. The highest BCUT2D eigenvalue weighted by molar-refractivity contribution is 9.10. The number of benzene rings is 6. The molecular formula is C36H22BrNS2. The van der Waals surface area contributed by atoms with Crippen molar-refractivity contribution in [3.63, 3.8) is 0 Å². The molecular weight excluding hydrogens is 590 g/mol. The topological polar surface area (TPSA) is 3.24 Å². The van der Waals surface area contributed by atoms with Crippen LogP contribution < -0.4 is 4.90 Å². The van der Waals surface area contributed by atoms with Crippen LogP contribution in [-0.2, 0) is 0 Å². The first-order valence-electron chi connectivity index (χ1n) is 13.2. The van der Waals surface area contributed by atoms with E-state index in [9.17, 15) is 0 Å². The fraction of sp³-hybridized carbons (Fsp3) is 0. The summed E-state index contributed by atoms with van der Waals surface area (Å²) in [5.41, 5.74) is 5.98. The molecule has 0 aliphatic heterocycles. The summed E-state index contributed by atoms with van der Waals surface area (Å²) in [6.45, 7) is 0. The van der Waals surface area contributed by atoms with Gasteiger partial charge in [-0.3, -0.25) is 0 Å². The van der Waals surface area contributed by atoms with Crippen LogP contribution >= 0.6 is 38.6 Å². The molecule has 0 bridgehead atoms. The van der Waals surface area contributed by atoms with E-state index >= 15 is 0 Å². The zero-order valence-electron chi connectivity index (χ0n) is 21.3. The van der Waals surface area contributed by atoms with Crippen molar-refractivity contribution in [3.8, 4) is 11.1 Å². The molecule has 0 N–H and O–H groups in total. The van der Waals surface area contributed by atoms with Crippen molar-refractivity contribution in [1.82, 2.24) is 0 Å². The van der Waals surface area contributed by atoms with Gasteiger partial charge in [0.1, 0.15) is 0 Å². The van der Waals surface area contributed by atoms with E-state index in [0.717, 1.165) is 21.5 Å². The van der Waals surface area contributed by atoms with Crippen LogP contribution in [-0.4, -0.2) is 0 Å². The van der Waals surface area contributed by atoms with Crippen LogP contribution in [0.1, 0.15) is 0 Å². The highest BCUT2D eigenvalue weighted by Crippen LogP contribution is 2.46. The van der Waals surface area contributed by atoms with Crippen LogP contribution in [0.15, 0.2) is 138 Å². The van der Waals surface area contributed by atoms with E-state index in [1.807, 2.05) is 22.7 Å². The minimum atomic E-state index is 1.15. The molecule has 40 heavy (non-hydrogen) atoms. The maximum absolute atomic E-state index is 3.90. The molecule has 0 atom stereocenters. The number of fused-ring (bicyclic) bond motifs is 6. The maximum Gasteiger partial charge on any atom is 0.0497 e. The lowest BCUT2D eigenvalue weighted by molar-refractivity contribution is 1.29. The SMILES string of the molecule is Brc1cc(-c2cccc3c2sc2ccc(N(c4ccccc4)c4ccccc4)cc23)cc2c1sc1ccccc12. The maximum atomic E-state index is 3.90. The predicted molar refractivity (Wildman–Crippen MR) is 180 cm³/mol. The summed E-state index contributed by atoms with van der Waals surface area (Å²) in [5.74, 6) is 0. The van der Waals surface area contributed by atoms with Gasteiger partial charge in [0, 0.05) is 61.9 Å². The van der Waals surface area contributed by atoms with Crippen LogP contribution in [0.4, 0.5) is 17.1 Å². The number of rotatable bonds is 4. The lowest BCUT2D eigenvalue weighted by Gasteiger charge is -2.25. The Kier molecular flexibility index (Phi) is 5.73. The van der Waals surface area contributed by atoms with Crippen molar-refractivity contribution in [3.05, 3.63) is 138 Å². The third kappa shape index (κ3) is 3.87. The van der Waals surface area contributed by atoms with E-state index in [2.05, 4.69) is 154 Å². The van der Waals surface area contributed by atoms with Gasteiger partial charge in [-0.15, -0.1) is 22.7 Å². The van der Waals surface area contributed by atoms with Crippen molar-refractivity contribution in [2.45, 2.75) is 0 Å². The largest absolute Gasteiger partial charge is 0.310 e. The van der Waals surface area contributed by atoms with Gasteiger partial charge in [0.15, 0.2) is 0 Å². The molecule has 0 aliphatic rings. The third-order valence-corrected chi connectivity index (χ3v) is 10.8. The van der Waals surface area contributed by atoms with Crippen molar-refractivity contribution in [2.24, 2.45) is 0 Å². The fourth-order valence-electron chi connectivity index (χ4n) is 5.70. The molecule has 0 fully saturated rings. The third-order valence-electron chi connectivity index (χ3n) is 7.51. The Morgan fingerprint density at radius 3 is 1.88 bits per heavy atom. The summed E-state index contributed by atoms with van der Waals surface area (Å²) < 4.78 is 6.41. The fourth-order valence-corrected chi connectivity index (χ4v) is 8.71. The number of halogens is 1. The van der Waals surface area contributed by atoms with E-state index < -0.39 is 0 Å². The van der Waals surface area contributed by atoms with E-state index in [4.69, 9.17) is 0 Å². The standard InChI is InChI=1S/C36H22BrNS2/c37-32-21-23(20-31-28-14-7-8-17-33(28)40-36(31)32)27-15-9-16-29-30-22-26(18-19-34(30)39-35(27)29)38(24-10-3-1-4-11-24)25-12-5-2-6-13-25/h1-22H. The molecule has 0 amide bonds. The van der Waals surface area contributed by atoms with E-state index in [1.54, 1.807) is 0 Å². The average molecular weight is 613 g/mol. The second-order valence-corrected chi connectivity index (χ2v) is 12.9. The zero-order valence-corrected chi connectivity index (χ0v) is 24.6. The second kappa shape index (κ2) is 9.60. The summed E-state index contributed by atoms with van der Waals surface area (Å²) in [6.07, 6.45) is 0. The van der Waals surface area contributed by atoms with Crippen LogP contribution in [0.3, 0.4) is 0 Å². The number of anilines is 3. The van der Waals surface area contributed by atoms with E-state index in [-0.39, 0.29) is 0 Å². The van der Waals surface area contributed by atoms with Crippen LogP contribution in [0.2, 0.25) is 0 Å². The molecule has 8 rings (SSSR count). The molecule has 2 aromatic heterocycles. The Balaban J connectivity index is 1.32. The molecule has 0 unspecified atom stereocenters. The molecule has 4 heteroatoms. The number of hydrogen-bond acceptors (Lipinski definition) is 3. The van der Waals surface area contributed by atoms with E-state index in [0.29, 0.717) is 0 Å². The first kappa shape index (κ1) is 23.9. The smallest absolute Gasteiger partial charge is 0.0497 e. The Bertz CT molecular complexity index is 2140. The van der Waals surface area contributed by atoms with Gasteiger partial charge in [0.2, 0.25) is 0 Å². The van der Waals surface area contributed by atoms with Crippen LogP contribution in [0.25, 0.3) is 51.5 Å². The molecule has 6 aromatic carbocycles. The molecule has 0 radical (unpaired) electrons. The molecule has 8 aromatic rings. The van der Waals surface area contributed by atoms with E-state index in [1.165, 1.54) is 51.5 Å². The zero-order chi connectivity index (χ0) is 26.6. The number of hydrogen-bond donors (Lipinski definition) is 0. The molecule has 0 spiro atoms. The molecule has 190 valence electrons. The summed E-state index contributed by atoms with van der Waals surface area (Å²) >= 11 is 7.63. The monoisotopic (exact) mass is 611 g/mol. The molecule has 0 aliphatic carbocycles. The minimum Gasteiger partial charge on any atom is -0.310 e. The van der Waals surface area contributed by atoms with Gasteiger partial charge in [0.05, 0.1) is 0 Å². The first-order chi connectivity index (χ1) is 19.7. The second-order valence-electron chi connectivity index (χ2n) is 9.90. The average Bonchev–Trinajstić information content (AvgIpc) is 3.57. The van der Waals surface area contributed by atoms with Gasteiger partial charge in [0.25, 0.3) is 0 Å². The van der Waals surface area contributed by atoms with Gasteiger partial charge in [-0.2, -0.15) is 0 Å². The lowest BCUT2D eigenvalue weighted by Crippen LogP contribution is -2.09. The Hall–Kier alpha value is -3.96. The van der Waals surface area contributed by atoms with Crippen molar-refractivity contribution >= 4 is 96.0 Å². The number of thiophene rings is 2. The lowest BCUT2D eigenvalue weighted by atomic mass is 10.0. The number of nitrogens with zero attached hydrogens (tertiary/aromatic N) is 1. The Morgan fingerprint density at radius 1 is 0.450 bits per heavy atom. The first-order valence-corrected chi connectivity index (χ1v) is 15.6. The van der Waals surface area contributed by atoms with Gasteiger partial charge < -0.3 is 4.90 Å². The molecule has 0 saturated carbocycles. The van der Waals surface area contributed by atoms with Gasteiger partial charge in [-0.1, -0.05) is 72.8 Å². The molecule has 0 saturated heterocycles. The van der Waals surface area contributed by atoms with Gasteiger partial charge >= 0.3 is 0 Å². The minimum absolute atomic E-state index is 1.15. The van der Waals surface area contributed by atoms with Crippen LogP contribution in [0, 0.1) is 0 Å². The Labute approximate surface area is 248 Å². The van der Waals surface area contributed by atoms with Gasteiger partial charge in [-0.05, 0) is 87.7 Å². The Morgan fingerprint density at radius 2 is 1.10 bits per heavy atom. The highest BCUT2D eigenvalue weighted by atomic mass is 79.9. The summed E-state index contributed by atoms with van der Waals surface area (Å²) in [7, 11) is 0. The van der Waals surface area contributed by atoms with Crippen LogP contribution in [0.5, 0.6) is 0 Å². The summed E-state index contributed by atoms with van der Waals surface area (Å²) in [4.78, 5) is 2.33. The van der Waals surface area contributed by atoms with Crippen molar-refractivity contribution < 1.29 is 0 Å².